The number of alkyl halides is 3. The molecule has 3 N–H and O–H groups in total. The maximum Gasteiger partial charge on any atom is 0.419 e. The number of halogens is 4. The van der Waals surface area contributed by atoms with Gasteiger partial charge in [-0.1, -0.05) is 12.5 Å². The summed E-state index contributed by atoms with van der Waals surface area (Å²) in [5, 5.41) is 9.95. The lowest BCUT2D eigenvalue weighted by Gasteiger charge is -2.34. The summed E-state index contributed by atoms with van der Waals surface area (Å²) in [7, 11) is 0. The third-order valence-corrected chi connectivity index (χ3v) is 3.68. The summed E-state index contributed by atoms with van der Waals surface area (Å²) in [6.07, 6.45) is -3.02. The van der Waals surface area contributed by atoms with Crippen LogP contribution in [-0.4, -0.2) is 11.2 Å². The largest absolute Gasteiger partial charge is 0.419 e. The molecule has 1 aromatic rings. The molecule has 6 heteroatoms. The first kappa shape index (κ1) is 14.3. The molecule has 0 unspecified atom stereocenters. The SMILES string of the molecule is N[C@@H](c1ccc(F)c(C(F)(F)F)c1)[C@H](O)C1CCC1. The van der Waals surface area contributed by atoms with Gasteiger partial charge < -0.3 is 10.8 Å². The van der Waals surface area contributed by atoms with Crippen LogP contribution in [0.4, 0.5) is 17.6 Å². The number of aliphatic hydroxyl groups is 1. The molecule has 0 saturated heterocycles. The first-order valence-electron chi connectivity index (χ1n) is 6.11. The first-order chi connectivity index (χ1) is 8.80. The molecule has 0 radical (unpaired) electrons. The van der Waals surface area contributed by atoms with E-state index < -0.39 is 29.7 Å². The maximum absolute atomic E-state index is 13.1. The molecule has 19 heavy (non-hydrogen) atoms. The molecule has 1 saturated carbocycles. The Morgan fingerprint density at radius 3 is 2.37 bits per heavy atom. The standard InChI is InChI=1S/C13H15F4NO/c14-10-5-4-8(6-9(10)13(15,16)17)11(18)12(19)7-2-1-3-7/h4-7,11-12,19H,1-3,18H2/t11-,12+/m0/s1. The van der Waals surface area contributed by atoms with E-state index in [1.807, 2.05) is 0 Å². The topological polar surface area (TPSA) is 46.2 Å². The van der Waals surface area contributed by atoms with E-state index in [1.54, 1.807) is 0 Å². The second kappa shape index (κ2) is 5.09. The highest BCUT2D eigenvalue weighted by atomic mass is 19.4. The van der Waals surface area contributed by atoms with E-state index in [0.29, 0.717) is 6.07 Å². The van der Waals surface area contributed by atoms with Crippen molar-refractivity contribution in [2.45, 2.75) is 37.6 Å². The summed E-state index contributed by atoms with van der Waals surface area (Å²) in [4.78, 5) is 0. The van der Waals surface area contributed by atoms with E-state index in [2.05, 4.69) is 0 Å². The predicted molar refractivity (Wildman–Crippen MR) is 61.7 cm³/mol. The quantitative estimate of drug-likeness (QED) is 0.834. The smallest absolute Gasteiger partial charge is 0.391 e. The average molecular weight is 277 g/mol. The van der Waals surface area contributed by atoms with Crippen molar-refractivity contribution in [1.29, 1.82) is 0 Å². The van der Waals surface area contributed by atoms with Gasteiger partial charge in [-0.3, -0.25) is 0 Å². The Balaban J connectivity index is 2.24. The molecule has 2 atom stereocenters. The zero-order valence-corrected chi connectivity index (χ0v) is 10.1. The molecule has 1 aliphatic carbocycles. The minimum atomic E-state index is -4.76. The number of hydrogen-bond acceptors (Lipinski definition) is 2. The monoisotopic (exact) mass is 277 g/mol. The van der Waals surface area contributed by atoms with E-state index in [9.17, 15) is 22.7 Å². The molecular formula is C13H15F4NO. The first-order valence-corrected chi connectivity index (χ1v) is 6.11. The van der Waals surface area contributed by atoms with Crippen LogP contribution in [0.25, 0.3) is 0 Å². The van der Waals surface area contributed by atoms with Crippen molar-refractivity contribution >= 4 is 0 Å². The van der Waals surface area contributed by atoms with Crippen molar-refractivity contribution < 1.29 is 22.7 Å². The fraction of sp³-hybridized carbons (Fsp3) is 0.538. The molecule has 1 aromatic carbocycles. The molecule has 0 amide bonds. The molecule has 2 rings (SSSR count). The van der Waals surface area contributed by atoms with Gasteiger partial charge in [0, 0.05) is 0 Å². The van der Waals surface area contributed by atoms with Crippen molar-refractivity contribution in [2.75, 3.05) is 0 Å². The van der Waals surface area contributed by atoms with Crippen LogP contribution in [0.15, 0.2) is 18.2 Å². The fourth-order valence-electron chi connectivity index (χ4n) is 2.24. The lowest BCUT2D eigenvalue weighted by Crippen LogP contribution is -2.36. The number of rotatable bonds is 3. The molecule has 0 aromatic heterocycles. The Bertz CT molecular complexity index is 456. The van der Waals surface area contributed by atoms with Gasteiger partial charge in [-0.2, -0.15) is 13.2 Å². The lowest BCUT2D eigenvalue weighted by atomic mass is 9.77. The minimum Gasteiger partial charge on any atom is -0.391 e. The Labute approximate surface area is 108 Å². The van der Waals surface area contributed by atoms with Crippen molar-refractivity contribution in [1.82, 2.24) is 0 Å². The van der Waals surface area contributed by atoms with Crippen LogP contribution in [0, 0.1) is 11.7 Å². The molecule has 0 bridgehead atoms. The van der Waals surface area contributed by atoms with Crippen LogP contribution >= 0.6 is 0 Å². The Morgan fingerprint density at radius 1 is 1.26 bits per heavy atom. The van der Waals surface area contributed by atoms with Crippen molar-refractivity contribution in [3.05, 3.63) is 35.1 Å². The van der Waals surface area contributed by atoms with Crippen LogP contribution in [0.2, 0.25) is 0 Å². The van der Waals surface area contributed by atoms with Crippen LogP contribution in [0.5, 0.6) is 0 Å². The molecule has 1 aliphatic rings. The minimum absolute atomic E-state index is 0.0226. The summed E-state index contributed by atoms with van der Waals surface area (Å²) < 4.78 is 50.9. The molecule has 2 nitrogen and oxygen atoms in total. The van der Waals surface area contributed by atoms with Gasteiger partial charge in [-0.15, -0.1) is 0 Å². The summed E-state index contributed by atoms with van der Waals surface area (Å²) in [5.41, 5.74) is 4.53. The summed E-state index contributed by atoms with van der Waals surface area (Å²) in [5.74, 6) is -1.31. The van der Waals surface area contributed by atoms with E-state index in [0.717, 1.165) is 25.3 Å². The average Bonchev–Trinajstić information content (AvgIpc) is 2.24. The second-order valence-corrected chi connectivity index (χ2v) is 4.94. The van der Waals surface area contributed by atoms with E-state index >= 15 is 0 Å². The van der Waals surface area contributed by atoms with E-state index in [-0.39, 0.29) is 11.5 Å². The van der Waals surface area contributed by atoms with Gasteiger partial charge in [-0.25, -0.2) is 4.39 Å². The Hall–Kier alpha value is -1.14. The number of aliphatic hydroxyl groups excluding tert-OH is 1. The molecule has 0 aliphatic heterocycles. The van der Waals surface area contributed by atoms with Crippen LogP contribution in [0.1, 0.15) is 36.4 Å². The van der Waals surface area contributed by atoms with Crippen molar-refractivity contribution in [3.8, 4) is 0 Å². The molecule has 106 valence electrons. The molecular weight excluding hydrogens is 262 g/mol. The summed E-state index contributed by atoms with van der Waals surface area (Å²) in [6, 6.07) is 1.69. The highest BCUT2D eigenvalue weighted by Gasteiger charge is 2.36. The summed E-state index contributed by atoms with van der Waals surface area (Å²) >= 11 is 0. The second-order valence-electron chi connectivity index (χ2n) is 4.94. The normalized spacial score (nSPS) is 19.9. The fourth-order valence-corrected chi connectivity index (χ4v) is 2.24. The number of hydrogen-bond donors (Lipinski definition) is 2. The molecule has 0 spiro atoms. The zero-order chi connectivity index (χ0) is 14.2. The summed E-state index contributed by atoms with van der Waals surface area (Å²) in [6.45, 7) is 0. The Morgan fingerprint density at radius 2 is 1.89 bits per heavy atom. The number of nitrogens with two attached hydrogens (primary N) is 1. The Kier molecular flexibility index (Phi) is 3.82. The lowest BCUT2D eigenvalue weighted by molar-refractivity contribution is -0.140. The molecule has 0 heterocycles. The van der Waals surface area contributed by atoms with Crippen molar-refractivity contribution in [3.63, 3.8) is 0 Å². The molecule has 1 fully saturated rings. The predicted octanol–water partition coefficient (Wildman–Crippen LogP) is 3.01. The third kappa shape index (κ3) is 2.90. The van der Waals surface area contributed by atoms with Gasteiger partial charge in [0.25, 0.3) is 0 Å². The zero-order valence-electron chi connectivity index (χ0n) is 10.1. The highest BCUT2D eigenvalue weighted by Crippen LogP contribution is 2.36. The van der Waals surface area contributed by atoms with Gasteiger partial charge in [0.15, 0.2) is 0 Å². The highest BCUT2D eigenvalue weighted by molar-refractivity contribution is 5.30. The van der Waals surface area contributed by atoms with Crippen LogP contribution in [0.3, 0.4) is 0 Å². The third-order valence-electron chi connectivity index (χ3n) is 3.68. The van der Waals surface area contributed by atoms with E-state index in [1.165, 1.54) is 6.07 Å². The van der Waals surface area contributed by atoms with Gasteiger partial charge in [-0.05, 0) is 36.5 Å². The number of benzene rings is 1. The van der Waals surface area contributed by atoms with E-state index in [4.69, 9.17) is 5.73 Å². The van der Waals surface area contributed by atoms with Crippen LogP contribution in [-0.2, 0) is 6.18 Å². The van der Waals surface area contributed by atoms with Gasteiger partial charge >= 0.3 is 6.18 Å². The van der Waals surface area contributed by atoms with Crippen LogP contribution < -0.4 is 5.73 Å². The van der Waals surface area contributed by atoms with Gasteiger partial charge in [0.05, 0.1) is 17.7 Å². The van der Waals surface area contributed by atoms with Crippen molar-refractivity contribution in [2.24, 2.45) is 11.7 Å². The van der Waals surface area contributed by atoms with Gasteiger partial charge in [0.1, 0.15) is 5.82 Å². The maximum atomic E-state index is 13.1. The van der Waals surface area contributed by atoms with Gasteiger partial charge in [0.2, 0.25) is 0 Å².